The molecule has 1 aliphatic rings. The minimum atomic E-state index is -0.536. The Kier molecular flexibility index (Phi) is 4.09. The lowest BCUT2D eigenvalue weighted by atomic mass is 10.2. The van der Waals surface area contributed by atoms with E-state index >= 15 is 0 Å². The molecule has 0 radical (unpaired) electrons. The normalized spacial score (nSPS) is 15.7. The van der Waals surface area contributed by atoms with Crippen LogP contribution in [0.1, 0.15) is 10.4 Å². The number of nitro groups is 1. The first-order chi connectivity index (χ1) is 11.1. The van der Waals surface area contributed by atoms with Gasteiger partial charge in [-0.2, -0.15) is 0 Å². The first-order valence-electron chi connectivity index (χ1n) is 7.04. The molecule has 2 aromatic carbocycles. The number of carbonyl (C=O) groups is 1. The van der Waals surface area contributed by atoms with Gasteiger partial charge in [0.2, 0.25) is 0 Å². The van der Waals surface area contributed by atoms with Crippen molar-refractivity contribution >= 4 is 11.6 Å². The number of ether oxygens (including phenoxy) is 2. The highest BCUT2D eigenvalue weighted by Gasteiger charge is 2.21. The first-order valence-corrected chi connectivity index (χ1v) is 7.04. The van der Waals surface area contributed by atoms with Crippen LogP contribution in [0.3, 0.4) is 0 Å². The van der Waals surface area contributed by atoms with Crippen LogP contribution in [0.5, 0.6) is 11.5 Å². The van der Waals surface area contributed by atoms with Crippen LogP contribution in [-0.2, 0) is 0 Å². The Bertz CT molecular complexity index is 747. The van der Waals surface area contributed by atoms with Crippen molar-refractivity contribution in [2.45, 2.75) is 6.10 Å². The van der Waals surface area contributed by atoms with Crippen LogP contribution in [0.15, 0.2) is 48.5 Å². The van der Waals surface area contributed by atoms with Crippen molar-refractivity contribution in [1.82, 2.24) is 5.32 Å². The quantitative estimate of drug-likeness (QED) is 0.690. The predicted molar refractivity (Wildman–Crippen MR) is 81.8 cm³/mol. The molecule has 3 rings (SSSR count). The van der Waals surface area contributed by atoms with E-state index in [9.17, 15) is 14.9 Å². The fourth-order valence-corrected chi connectivity index (χ4v) is 2.23. The Balaban J connectivity index is 1.60. The third-order valence-electron chi connectivity index (χ3n) is 3.38. The molecule has 1 atom stereocenters. The van der Waals surface area contributed by atoms with Crippen LogP contribution >= 0.6 is 0 Å². The van der Waals surface area contributed by atoms with Gasteiger partial charge in [0, 0.05) is 17.7 Å². The van der Waals surface area contributed by atoms with Crippen LogP contribution < -0.4 is 14.8 Å². The van der Waals surface area contributed by atoms with Crippen molar-refractivity contribution in [3.63, 3.8) is 0 Å². The molecule has 7 heteroatoms. The van der Waals surface area contributed by atoms with Gasteiger partial charge in [-0.3, -0.25) is 14.9 Å². The van der Waals surface area contributed by atoms with Crippen LogP contribution in [0.4, 0.5) is 5.69 Å². The standard InChI is InChI=1S/C16H14N2O5/c19-16(11-4-3-5-12(8-11)18(20)21)17-9-13-10-22-14-6-1-2-7-15(14)23-13/h1-8,13H,9-10H2,(H,17,19)/t13-/m1/s1. The second-order valence-corrected chi connectivity index (χ2v) is 5.02. The van der Waals surface area contributed by atoms with Gasteiger partial charge in [0.05, 0.1) is 11.5 Å². The molecule has 1 aliphatic heterocycles. The zero-order valence-corrected chi connectivity index (χ0v) is 12.1. The predicted octanol–water partition coefficient (Wildman–Crippen LogP) is 2.16. The molecule has 0 fully saturated rings. The van der Waals surface area contributed by atoms with Gasteiger partial charge in [-0.25, -0.2) is 0 Å². The molecule has 0 spiro atoms. The van der Waals surface area contributed by atoms with E-state index in [-0.39, 0.29) is 23.9 Å². The summed E-state index contributed by atoms with van der Waals surface area (Å²) in [6.07, 6.45) is -0.312. The minimum Gasteiger partial charge on any atom is -0.486 e. The number of benzene rings is 2. The highest BCUT2D eigenvalue weighted by Crippen LogP contribution is 2.30. The van der Waals surface area contributed by atoms with Gasteiger partial charge in [0.1, 0.15) is 12.7 Å². The lowest BCUT2D eigenvalue weighted by Crippen LogP contribution is -2.40. The molecular weight excluding hydrogens is 300 g/mol. The minimum absolute atomic E-state index is 0.121. The second kappa shape index (κ2) is 6.35. The molecular formula is C16H14N2O5. The maximum Gasteiger partial charge on any atom is 0.270 e. The van der Waals surface area contributed by atoms with Gasteiger partial charge in [0.15, 0.2) is 11.5 Å². The third-order valence-corrected chi connectivity index (χ3v) is 3.38. The van der Waals surface area contributed by atoms with Crippen molar-refractivity contribution < 1.29 is 19.2 Å². The number of nitro benzene ring substituents is 1. The largest absolute Gasteiger partial charge is 0.486 e. The molecule has 0 aromatic heterocycles. The first kappa shape index (κ1) is 14.8. The molecule has 0 aliphatic carbocycles. The van der Waals surface area contributed by atoms with E-state index in [1.54, 1.807) is 6.07 Å². The van der Waals surface area contributed by atoms with E-state index in [4.69, 9.17) is 9.47 Å². The Morgan fingerprint density at radius 2 is 2.00 bits per heavy atom. The number of nitrogens with zero attached hydrogens (tertiary/aromatic N) is 1. The maximum absolute atomic E-state index is 12.1. The maximum atomic E-state index is 12.1. The summed E-state index contributed by atoms with van der Waals surface area (Å²) in [7, 11) is 0. The van der Waals surface area contributed by atoms with Crippen LogP contribution in [0, 0.1) is 10.1 Å². The lowest BCUT2D eigenvalue weighted by molar-refractivity contribution is -0.384. The summed E-state index contributed by atoms with van der Waals surface area (Å²) < 4.78 is 11.3. The molecule has 23 heavy (non-hydrogen) atoms. The highest BCUT2D eigenvalue weighted by molar-refractivity contribution is 5.94. The summed E-state index contributed by atoms with van der Waals surface area (Å²) in [4.78, 5) is 22.3. The topological polar surface area (TPSA) is 90.7 Å². The molecule has 0 bridgehead atoms. The molecule has 0 saturated carbocycles. The monoisotopic (exact) mass is 314 g/mol. The zero-order chi connectivity index (χ0) is 16.2. The van der Waals surface area contributed by atoms with Crippen molar-refractivity contribution in [3.05, 3.63) is 64.2 Å². The molecule has 118 valence electrons. The molecule has 1 amide bonds. The van der Waals surface area contributed by atoms with Crippen molar-refractivity contribution in [3.8, 4) is 11.5 Å². The zero-order valence-electron chi connectivity index (χ0n) is 12.1. The SMILES string of the molecule is O=C(NC[C@@H]1COc2ccccc2O1)c1cccc([N+](=O)[O-])c1. The molecule has 1 heterocycles. The Morgan fingerprint density at radius 1 is 1.22 bits per heavy atom. The molecule has 0 unspecified atom stereocenters. The number of rotatable bonds is 4. The van der Waals surface area contributed by atoms with Gasteiger partial charge in [-0.05, 0) is 18.2 Å². The molecule has 0 saturated heterocycles. The number of para-hydroxylation sites is 2. The smallest absolute Gasteiger partial charge is 0.270 e. The van der Waals surface area contributed by atoms with E-state index in [0.717, 1.165) is 0 Å². The molecule has 7 nitrogen and oxygen atoms in total. The summed E-state index contributed by atoms with van der Waals surface area (Å²) in [6, 6.07) is 12.9. The van der Waals surface area contributed by atoms with Gasteiger partial charge in [-0.1, -0.05) is 18.2 Å². The van der Waals surface area contributed by atoms with Crippen LogP contribution in [0.25, 0.3) is 0 Å². The summed E-state index contributed by atoms with van der Waals surface area (Å²) >= 11 is 0. The number of hydrogen-bond donors (Lipinski definition) is 1. The average molecular weight is 314 g/mol. The Morgan fingerprint density at radius 3 is 2.78 bits per heavy atom. The van der Waals surface area contributed by atoms with E-state index in [2.05, 4.69) is 5.32 Å². The Hall–Kier alpha value is -3.09. The van der Waals surface area contributed by atoms with E-state index in [1.165, 1.54) is 24.3 Å². The Labute approximate surface area is 132 Å². The van der Waals surface area contributed by atoms with Crippen molar-refractivity contribution in [2.24, 2.45) is 0 Å². The third kappa shape index (κ3) is 3.39. The molecule has 2 aromatic rings. The van der Waals surface area contributed by atoms with Gasteiger partial charge in [-0.15, -0.1) is 0 Å². The number of amides is 1. The summed E-state index contributed by atoms with van der Waals surface area (Å²) in [5.74, 6) is 0.915. The summed E-state index contributed by atoms with van der Waals surface area (Å²) in [5, 5.41) is 13.4. The van der Waals surface area contributed by atoms with Crippen LogP contribution in [-0.4, -0.2) is 30.1 Å². The number of nitrogens with one attached hydrogen (secondary N) is 1. The fourth-order valence-electron chi connectivity index (χ4n) is 2.23. The summed E-state index contributed by atoms with van der Waals surface area (Å²) in [5.41, 5.74) is 0.111. The number of carbonyl (C=O) groups excluding carboxylic acids is 1. The van der Waals surface area contributed by atoms with Gasteiger partial charge >= 0.3 is 0 Å². The van der Waals surface area contributed by atoms with E-state index in [1.807, 2.05) is 18.2 Å². The number of fused-ring (bicyclic) bond motifs is 1. The fraction of sp³-hybridized carbons (Fsp3) is 0.188. The van der Waals surface area contributed by atoms with Crippen molar-refractivity contribution in [1.29, 1.82) is 0 Å². The lowest BCUT2D eigenvalue weighted by Gasteiger charge is -2.26. The van der Waals surface area contributed by atoms with Crippen molar-refractivity contribution in [2.75, 3.05) is 13.2 Å². The average Bonchev–Trinajstić information content (AvgIpc) is 2.59. The van der Waals surface area contributed by atoms with E-state index in [0.29, 0.717) is 18.1 Å². The molecule has 1 N–H and O–H groups in total. The van der Waals surface area contributed by atoms with Gasteiger partial charge in [0.25, 0.3) is 11.6 Å². The number of hydrogen-bond acceptors (Lipinski definition) is 5. The second-order valence-electron chi connectivity index (χ2n) is 5.02. The number of non-ortho nitro benzene ring substituents is 1. The van der Waals surface area contributed by atoms with Crippen LogP contribution in [0.2, 0.25) is 0 Å². The summed E-state index contributed by atoms with van der Waals surface area (Å²) in [6.45, 7) is 0.572. The van der Waals surface area contributed by atoms with Gasteiger partial charge < -0.3 is 14.8 Å². The van der Waals surface area contributed by atoms with E-state index < -0.39 is 10.8 Å². The highest BCUT2D eigenvalue weighted by atomic mass is 16.6.